The Morgan fingerprint density at radius 2 is 2.28 bits per heavy atom. The molecular weight excluding hydrogens is 230 g/mol. The fourth-order valence-corrected chi connectivity index (χ4v) is 2.30. The van der Waals surface area contributed by atoms with Crippen molar-refractivity contribution in [2.24, 2.45) is 0 Å². The maximum Gasteiger partial charge on any atom is 0.270 e. The molecule has 1 fully saturated rings. The molecule has 0 spiro atoms. The van der Waals surface area contributed by atoms with Crippen molar-refractivity contribution >= 4 is 5.91 Å². The van der Waals surface area contributed by atoms with Crippen LogP contribution in [-0.2, 0) is 13.0 Å². The number of hydrogen-bond acceptors (Lipinski definition) is 3. The first-order valence-electron chi connectivity index (χ1n) is 6.64. The first-order valence-corrected chi connectivity index (χ1v) is 6.64. The maximum atomic E-state index is 12.2. The van der Waals surface area contributed by atoms with Crippen molar-refractivity contribution in [3.8, 4) is 0 Å². The molecule has 0 aliphatic heterocycles. The van der Waals surface area contributed by atoms with Crippen LogP contribution in [0.3, 0.4) is 0 Å². The second kappa shape index (κ2) is 5.10. The molecule has 0 aromatic carbocycles. The predicted octanol–water partition coefficient (Wildman–Crippen LogP) is 1.11. The number of carbonyl (C=O) groups excluding carboxylic acids is 1. The van der Waals surface area contributed by atoms with E-state index in [1.165, 1.54) is 0 Å². The Morgan fingerprint density at radius 3 is 2.72 bits per heavy atom. The average molecular weight is 251 g/mol. The Hall–Kier alpha value is -1.36. The summed E-state index contributed by atoms with van der Waals surface area (Å²) in [7, 11) is 0. The van der Waals surface area contributed by atoms with Crippen molar-refractivity contribution < 1.29 is 9.90 Å². The van der Waals surface area contributed by atoms with Crippen LogP contribution in [0.25, 0.3) is 0 Å². The molecule has 1 heterocycles. The Kier molecular flexibility index (Phi) is 3.71. The van der Waals surface area contributed by atoms with Gasteiger partial charge in [-0.1, -0.05) is 6.92 Å². The molecule has 0 unspecified atom stereocenters. The van der Waals surface area contributed by atoms with E-state index in [4.69, 9.17) is 0 Å². The summed E-state index contributed by atoms with van der Waals surface area (Å²) in [5.74, 6) is -0.127. The van der Waals surface area contributed by atoms with Crippen LogP contribution in [0.15, 0.2) is 6.07 Å². The molecule has 5 nitrogen and oxygen atoms in total. The normalized spacial score (nSPS) is 17.3. The van der Waals surface area contributed by atoms with E-state index in [1.54, 1.807) is 4.68 Å². The van der Waals surface area contributed by atoms with Crippen LogP contribution in [-0.4, -0.2) is 32.9 Å². The average Bonchev–Trinajstić information content (AvgIpc) is 2.77. The summed E-state index contributed by atoms with van der Waals surface area (Å²) in [6, 6.07) is 1.84. The number of aliphatic hydroxyl groups is 1. The van der Waals surface area contributed by atoms with Crippen molar-refractivity contribution in [3.05, 3.63) is 17.5 Å². The van der Waals surface area contributed by atoms with Crippen molar-refractivity contribution in [2.75, 3.05) is 6.61 Å². The second-order valence-corrected chi connectivity index (χ2v) is 4.94. The molecule has 1 saturated carbocycles. The molecule has 100 valence electrons. The standard InChI is InChI=1S/C13H21N3O2/c1-3-10-8-11(16(4-2)15-10)12(18)14-13(9-17)6-5-7-13/h8,17H,3-7,9H2,1-2H3,(H,14,18). The number of nitrogens with zero attached hydrogens (tertiary/aromatic N) is 2. The molecule has 1 aliphatic carbocycles. The molecule has 0 saturated heterocycles. The number of amides is 1. The van der Waals surface area contributed by atoms with E-state index in [0.29, 0.717) is 12.2 Å². The van der Waals surface area contributed by atoms with Crippen LogP contribution in [0.2, 0.25) is 0 Å². The van der Waals surface area contributed by atoms with Crippen LogP contribution in [0.5, 0.6) is 0 Å². The van der Waals surface area contributed by atoms with Crippen LogP contribution < -0.4 is 5.32 Å². The van der Waals surface area contributed by atoms with Crippen LogP contribution in [0.1, 0.15) is 49.3 Å². The van der Waals surface area contributed by atoms with Crippen molar-refractivity contribution in [1.82, 2.24) is 15.1 Å². The van der Waals surface area contributed by atoms with E-state index in [2.05, 4.69) is 10.4 Å². The predicted molar refractivity (Wildman–Crippen MR) is 68.4 cm³/mol. The Labute approximate surface area is 107 Å². The zero-order valence-electron chi connectivity index (χ0n) is 11.1. The molecule has 1 aromatic heterocycles. The van der Waals surface area contributed by atoms with E-state index >= 15 is 0 Å². The van der Waals surface area contributed by atoms with E-state index in [9.17, 15) is 9.90 Å². The number of carbonyl (C=O) groups is 1. The summed E-state index contributed by atoms with van der Waals surface area (Å²) in [5, 5.41) is 16.7. The summed E-state index contributed by atoms with van der Waals surface area (Å²) < 4.78 is 1.72. The SMILES string of the molecule is CCc1cc(C(=O)NC2(CO)CCC2)n(CC)n1. The number of hydrogen-bond donors (Lipinski definition) is 2. The molecule has 0 atom stereocenters. The third-order valence-electron chi connectivity index (χ3n) is 3.72. The van der Waals surface area contributed by atoms with Crippen molar-refractivity contribution in [3.63, 3.8) is 0 Å². The van der Waals surface area contributed by atoms with Gasteiger partial charge < -0.3 is 10.4 Å². The van der Waals surface area contributed by atoms with Crippen LogP contribution >= 0.6 is 0 Å². The minimum atomic E-state index is -0.397. The molecule has 1 aromatic rings. The Morgan fingerprint density at radius 1 is 1.56 bits per heavy atom. The molecule has 18 heavy (non-hydrogen) atoms. The van der Waals surface area contributed by atoms with Crippen LogP contribution in [0, 0.1) is 0 Å². The maximum absolute atomic E-state index is 12.2. The Bertz CT molecular complexity index is 430. The fraction of sp³-hybridized carbons (Fsp3) is 0.692. The van der Waals surface area contributed by atoms with Gasteiger partial charge in [-0.3, -0.25) is 9.48 Å². The largest absolute Gasteiger partial charge is 0.394 e. The molecule has 2 N–H and O–H groups in total. The number of rotatable bonds is 5. The van der Waals surface area contributed by atoms with E-state index in [1.807, 2.05) is 19.9 Å². The third-order valence-corrected chi connectivity index (χ3v) is 3.72. The lowest BCUT2D eigenvalue weighted by molar-refractivity contribution is 0.0633. The zero-order valence-corrected chi connectivity index (χ0v) is 11.1. The molecule has 2 rings (SSSR count). The highest BCUT2D eigenvalue weighted by atomic mass is 16.3. The second-order valence-electron chi connectivity index (χ2n) is 4.94. The van der Waals surface area contributed by atoms with Gasteiger partial charge in [-0.15, -0.1) is 0 Å². The molecular formula is C13H21N3O2. The molecule has 0 bridgehead atoms. The highest BCUT2D eigenvalue weighted by molar-refractivity contribution is 5.93. The minimum Gasteiger partial charge on any atom is -0.394 e. The zero-order chi connectivity index (χ0) is 13.2. The minimum absolute atomic E-state index is 0.0135. The summed E-state index contributed by atoms with van der Waals surface area (Å²) >= 11 is 0. The Balaban J connectivity index is 2.15. The molecule has 1 amide bonds. The monoisotopic (exact) mass is 251 g/mol. The van der Waals surface area contributed by atoms with Gasteiger partial charge in [0, 0.05) is 6.54 Å². The first-order chi connectivity index (χ1) is 8.64. The van der Waals surface area contributed by atoms with Gasteiger partial charge in [-0.05, 0) is 38.7 Å². The molecule has 1 aliphatic rings. The lowest BCUT2D eigenvalue weighted by Crippen LogP contribution is -2.56. The van der Waals surface area contributed by atoms with Crippen LogP contribution in [0.4, 0.5) is 0 Å². The van der Waals surface area contributed by atoms with Crippen molar-refractivity contribution in [2.45, 2.75) is 51.6 Å². The first kappa shape index (κ1) is 13.1. The fourth-order valence-electron chi connectivity index (χ4n) is 2.30. The quantitative estimate of drug-likeness (QED) is 0.823. The van der Waals surface area contributed by atoms with Gasteiger partial charge in [0.05, 0.1) is 17.8 Å². The van der Waals surface area contributed by atoms with Gasteiger partial charge in [-0.25, -0.2) is 0 Å². The third kappa shape index (κ3) is 2.27. The van der Waals surface area contributed by atoms with Gasteiger partial charge in [0.15, 0.2) is 0 Å². The number of aliphatic hydroxyl groups excluding tert-OH is 1. The van der Waals surface area contributed by atoms with Gasteiger partial charge >= 0.3 is 0 Å². The highest BCUT2D eigenvalue weighted by Gasteiger charge is 2.38. The summed E-state index contributed by atoms with van der Waals surface area (Å²) in [4.78, 5) is 12.2. The summed E-state index contributed by atoms with van der Waals surface area (Å²) in [6.45, 7) is 4.67. The molecule has 0 radical (unpaired) electrons. The van der Waals surface area contributed by atoms with Crippen molar-refractivity contribution in [1.29, 1.82) is 0 Å². The van der Waals surface area contributed by atoms with E-state index in [-0.39, 0.29) is 12.5 Å². The van der Waals surface area contributed by atoms with Gasteiger partial charge in [0.2, 0.25) is 0 Å². The van der Waals surface area contributed by atoms with E-state index < -0.39 is 5.54 Å². The van der Waals surface area contributed by atoms with Gasteiger partial charge in [0.1, 0.15) is 5.69 Å². The number of aryl methyl sites for hydroxylation is 2. The van der Waals surface area contributed by atoms with Gasteiger partial charge in [-0.2, -0.15) is 5.10 Å². The number of aromatic nitrogens is 2. The lowest BCUT2D eigenvalue weighted by Gasteiger charge is -2.40. The molecule has 5 heteroatoms. The number of nitrogens with one attached hydrogen (secondary N) is 1. The summed E-state index contributed by atoms with van der Waals surface area (Å²) in [5.41, 5.74) is 1.12. The summed E-state index contributed by atoms with van der Waals surface area (Å²) in [6.07, 6.45) is 3.60. The van der Waals surface area contributed by atoms with E-state index in [0.717, 1.165) is 31.4 Å². The van der Waals surface area contributed by atoms with Gasteiger partial charge in [0.25, 0.3) is 5.91 Å². The topological polar surface area (TPSA) is 67.2 Å². The smallest absolute Gasteiger partial charge is 0.270 e. The highest BCUT2D eigenvalue weighted by Crippen LogP contribution is 2.31. The lowest BCUT2D eigenvalue weighted by atomic mass is 9.77.